The Bertz CT molecular complexity index is 1290. The van der Waals surface area contributed by atoms with Gasteiger partial charge in [0, 0.05) is 16.0 Å². The summed E-state index contributed by atoms with van der Waals surface area (Å²) in [7, 11) is 0. The van der Waals surface area contributed by atoms with Crippen molar-refractivity contribution in [2.45, 2.75) is 17.7 Å². The minimum atomic E-state index is -4.71. The van der Waals surface area contributed by atoms with E-state index in [-0.39, 0.29) is 5.75 Å². The lowest BCUT2D eigenvalue weighted by Gasteiger charge is -2.12. The third-order valence-corrected chi connectivity index (χ3v) is 6.28. The molecule has 0 saturated carbocycles. The summed E-state index contributed by atoms with van der Waals surface area (Å²) in [6.07, 6.45) is 0.189. The van der Waals surface area contributed by atoms with Gasteiger partial charge < -0.3 is 4.74 Å². The van der Waals surface area contributed by atoms with Gasteiger partial charge >= 0.3 is 6.36 Å². The van der Waals surface area contributed by atoms with Crippen molar-refractivity contribution in [3.05, 3.63) is 77.5 Å². The molecule has 2 heterocycles. The standard InChI is InChI=1S/C24H16F3NOS/c25-24(26,27)29-17-9-11-22-20(14-17)23-19(12-13-30-23)21(28-22)10-8-16-6-3-5-15-4-1-2-7-18(15)16/h1-11,14H,12-13H2. The first-order valence-electron chi connectivity index (χ1n) is 9.49. The highest BCUT2D eigenvalue weighted by Crippen LogP contribution is 2.40. The summed E-state index contributed by atoms with van der Waals surface area (Å²) in [5.74, 6) is 0.667. The second kappa shape index (κ2) is 7.36. The molecular weight excluding hydrogens is 407 g/mol. The van der Waals surface area contributed by atoms with Gasteiger partial charge in [0.05, 0.1) is 11.2 Å². The SMILES string of the molecule is FC(F)(F)Oc1ccc2nc(C=Cc3cccc4ccccc34)c3c(c2c1)SCC3. The maximum atomic E-state index is 12.6. The molecule has 1 aromatic heterocycles. The molecule has 0 spiro atoms. The maximum Gasteiger partial charge on any atom is 0.573 e. The fourth-order valence-electron chi connectivity index (χ4n) is 3.83. The molecule has 0 aliphatic carbocycles. The van der Waals surface area contributed by atoms with Crippen LogP contribution in [0.1, 0.15) is 16.8 Å². The molecule has 0 atom stereocenters. The predicted octanol–water partition coefficient (Wildman–Crippen LogP) is 7.11. The van der Waals surface area contributed by atoms with Crippen molar-refractivity contribution < 1.29 is 17.9 Å². The molecule has 1 aliphatic rings. The van der Waals surface area contributed by atoms with E-state index in [1.165, 1.54) is 17.5 Å². The summed E-state index contributed by atoms with van der Waals surface area (Å²) in [6, 6.07) is 18.7. The van der Waals surface area contributed by atoms with Crippen molar-refractivity contribution in [3.63, 3.8) is 0 Å². The third-order valence-electron chi connectivity index (χ3n) is 5.11. The Morgan fingerprint density at radius 3 is 2.63 bits per heavy atom. The largest absolute Gasteiger partial charge is 0.573 e. The minimum Gasteiger partial charge on any atom is -0.406 e. The van der Waals surface area contributed by atoms with Crippen LogP contribution in [0, 0.1) is 0 Å². The number of halogens is 3. The van der Waals surface area contributed by atoms with E-state index in [2.05, 4.69) is 35.1 Å². The molecule has 4 aromatic rings. The molecule has 150 valence electrons. The average molecular weight is 423 g/mol. The van der Waals surface area contributed by atoms with Crippen LogP contribution in [0.15, 0.2) is 65.6 Å². The minimum absolute atomic E-state index is 0.217. The summed E-state index contributed by atoms with van der Waals surface area (Å²) in [5.41, 5.74) is 3.70. The molecular formula is C24H16F3NOS. The first-order valence-corrected chi connectivity index (χ1v) is 10.5. The normalized spacial score (nSPS) is 14.0. The number of thioether (sulfide) groups is 1. The summed E-state index contributed by atoms with van der Waals surface area (Å²) >= 11 is 1.65. The Morgan fingerprint density at radius 1 is 0.933 bits per heavy atom. The van der Waals surface area contributed by atoms with Gasteiger partial charge in [-0.2, -0.15) is 0 Å². The number of alkyl halides is 3. The Balaban J connectivity index is 1.58. The van der Waals surface area contributed by atoms with Crippen molar-refractivity contribution >= 4 is 45.6 Å². The highest BCUT2D eigenvalue weighted by Gasteiger charge is 2.31. The molecule has 0 N–H and O–H groups in total. The van der Waals surface area contributed by atoms with Gasteiger partial charge in [0.1, 0.15) is 5.75 Å². The summed E-state index contributed by atoms with van der Waals surface area (Å²) in [4.78, 5) is 5.73. The van der Waals surface area contributed by atoms with E-state index in [4.69, 9.17) is 4.98 Å². The highest BCUT2D eigenvalue weighted by atomic mass is 32.2. The summed E-state index contributed by atoms with van der Waals surface area (Å²) < 4.78 is 41.9. The van der Waals surface area contributed by atoms with Crippen LogP contribution in [0.5, 0.6) is 5.75 Å². The monoisotopic (exact) mass is 423 g/mol. The number of hydrogen-bond acceptors (Lipinski definition) is 3. The molecule has 0 bridgehead atoms. The number of hydrogen-bond donors (Lipinski definition) is 0. The zero-order valence-corrected chi connectivity index (χ0v) is 16.6. The zero-order valence-electron chi connectivity index (χ0n) is 15.7. The van der Waals surface area contributed by atoms with Crippen molar-refractivity contribution in [2.24, 2.45) is 0 Å². The fourth-order valence-corrected chi connectivity index (χ4v) is 5.04. The molecule has 1 aliphatic heterocycles. The Labute approximate surface area is 175 Å². The van der Waals surface area contributed by atoms with E-state index >= 15 is 0 Å². The van der Waals surface area contributed by atoms with Gasteiger partial charge in [-0.3, -0.25) is 0 Å². The number of rotatable bonds is 3. The van der Waals surface area contributed by atoms with E-state index in [1.54, 1.807) is 17.8 Å². The van der Waals surface area contributed by atoms with Crippen LogP contribution < -0.4 is 4.74 Å². The lowest BCUT2D eigenvalue weighted by molar-refractivity contribution is -0.274. The zero-order chi connectivity index (χ0) is 20.7. The van der Waals surface area contributed by atoms with Crippen LogP contribution in [0.25, 0.3) is 33.8 Å². The Hall–Kier alpha value is -2.99. The quantitative estimate of drug-likeness (QED) is 0.351. The van der Waals surface area contributed by atoms with Crippen molar-refractivity contribution in [2.75, 3.05) is 5.75 Å². The van der Waals surface area contributed by atoms with Gasteiger partial charge in [-0.05, 0) is 52.6 Å². The van der Waals surface area contributed by atoms with Gasteiger partial charge in [0.15, 0.2) is 0 Å². The van der Waals surface area contributed by atoms with Gasteiger partial charge in [-0.15, -0.1) is 24.9 Å². The number of fused-ring (bicyclic) bond motifs is 4. The van der Waals surface area contributed by atoms with Crippen LogP contribution in [-0.2, 0) is 6.42 Å². The molecule has 3 aromatic carbocycles. The molecule has 2 nitrogen and oxygen atoms in total. The average Bonchev–Trinajstić information content (AvgIpc) is 3.21. The molecule has 30 heavy (non-hydrogen) atoms. The molecule has 0 amide bonds. The summed E-state index contributed by atoms with van der Waals surface area (Å²) in [6.45, 7) is 0. The molecule has 5 rings (SSSR count). The number of benzene rings is 3. The molecule has 0 saturated heterocycles. The van der Waals surface area contributed by atoms with Crippen molar-refractivity contribution in [1.29, 1.82) is 0 Å². The molecule has 0 unspecified atom stereocenters. The van der Waals surface area contributed by atoms with Crippen LogP contribution in [0.2, 0.25) is 0 Å². The van der Waals surface area contributed by atoms with Crippen molar-refractivity contribution in [3.8, 4) is 5.75 Å². The molecule has 6 heteroatoms. The van der Waals surface area contributed by atoms with Crippen LogP contribution in [0.3, 0.4) is 0 Å². The van der Waals surface area contributed by atoms with E-state index in [0.29, 0.717) is 10.9 Å². The maximum absolute atomic E-state index is 12.6. The van der Waals surface area contributed by atoms with Crippen molar-refractivity contribution in [1.82, 2.24) is 4.98 Å². The predicted molar refractivity (Wildman–Crippen MR) is 116 cm³/mol. The van der Waals surface area contributed by atoms with E-state index < -0.39 is 6.36 Å². The lowest BCUT2D eigenvalue weighted by atomic mass is 10.0. The van der Waals surface area contributed by atoms with Gasteiger partial charge in [-0.1, -0.05) is 48.5 Å². The van der Waals surface area contributed by atoms with Crippen LogP contribution >= 0.6 is 11.8 Å². The topological polar surface area (TPSA) is 22.1 Å². The van der Waals surface area contributed by atoms with E-state index in [9.17, 15) is 13.2 Å². The van der Waals surface area contributed by atoms with Gasteiger partial charge in [-0.25, -0.2) is 4.98 Å². The smallest absolute Gasteiger partial charge is 0.406 e. The van der Waals surface area contributed by atoms with Gasteiger partial charge in [0.2, 0.25) is 0 Å². The van der Waals surface area contributed by atoms with E-state index in [0.717, 1.165) is 39.3 Å². The van der Waals surface area contributed by atoms with Crippen LogP contribution in [0.4, 0.5) is 13.2 Å². The Kier molecular flexibility index (Phi) is 4.66. The third kappa shape index (κ3) is 3.63. The second-order valence-corrected chi connectivity index (χ2v) is 8.14. The summed E-state index contributed by atoms with van der Waals surface area (Å²) in [5, 5.41) is 3.04. The first kappa shape index (κ1) is 19.0. The van der Waals surface area contributed by atoms with Crippen LogP contribution in [-0.4, -0.2) is 17.1 Å². The number of ether oxygens (including phenoxy) is 1. The Morgan fingerprint density at radius 2 is 1.77 bits per heavy atom. The van der Waals surface area contributed by atoms with Gasteiger partial charge in [0.25, 0.3) is 0 Å². The number of pyridine rings is 1. The number of aromatic nitrogens is 1. The highest BCUT2D eigenvalue weighted by molar-refractivity contribution is 7.99. The van der Waals surface area contributed by atoms with E-state index in [1.807, 2.05) is 24.3 Å². The fraction of sp³-hybridized carbons (Fsp3) is 0.125. The first-order chi connectivity index (χ1) is 14.5. The second-order valence-electron chi connectivity index (χ2n) is 7.03. The lowest BCUT2D eigenvalue weighted by Crippen LogP contribution is -2.17. The number of nitrogens with zero attached hydrogens (tertiary/aromatic N) is 1. The molecule has 0 fully saturated rings. The molecule has 0 radical (unpaired) electrons.